The molecule has 0 bridgehead atoms. The summed E-state index contributed by atoms with van der Waals surface area (Å²) in [5.74, 6) is 0.745. The third-order valence-electron chi connectivity index (χ3n) is 2.73. The van der Waals surface area contributed by atoms with Crippen molar-refractivity contribution in [2.45, 2.75) is 26.9 Å². The van der Waals surface area contributed by atoms with Crippen LogP contribution in [0.25, 0.3) is 0 Å². The van der Waals surface area contributed by atoms with Crippen LogP contribution in [0.3, 0.4) is 0 Å². The van der Waals surface area contributed by atoms with Gasteiger partial charge in [0.25, 0.3) is 0 Å². The normalized spacial score (nSPS) is 13.7. The number of methoxy groups -OCH3 is 1. The summed E-state index contributed by atoms with van der Waals surface area (Å²) in [6.07, 6.45) is -0.520. The highest BCUT2D eigenvalue weighted by Gasteiger charge is 2.18. The molecule has 0 radical (unpaired) electrons. The van der Waals surface area contributed by atoms with Gasteiger partial charge < -0.3 is 14.7 Å². The maximum atomic E-state index is 10.3. The monoisotopic (exact) mass is 251 g/mol. The quantitative estimate of drug-likeness (QED) is 0.873. The van der Waals surface area contributed by atoms with Crippen LogP contribution in [0.1, 0.15) is 32.4 Å². The molecule has 18 heavy (non-hydrogen) atoms. The Morgan fingerprint density at radius 1 is 1.28 bits per heavy atom. The number of hydrogen-bond acceptors (Lipinski definition) is 3. The van der Waals surface area contributed by atoms with Crippen molar-refractivity contribution in [2.75, 3.05) is 27.2 Å². The molecule has 0 aliphatic carbocycles. The van der Waals surface area contributed by atoms with E-state index in [0.717, 1.165) is 17.9 Å². The SMILES string of the molecule is COc1ccccc1C(O)CN(C)CC(C)(C)C. The average molecular weight is 251 g/mol. The third-order valence-corrected chi connectivity index (χ3v) is 2.73. The fourth-order valence-electron chi connectivity index (χ4n) is 2.21. The molecule has 3 nitrogen and oxygen atoms in total. The van der Waals surface area contributed by atoms with Gasteiger partial charge in [0.15, 0.2) is 0 Å². The Balaban J connectivity index is 2.67. The van der Waals surface area contributed by atoms with E-state index in [-0.39, 0.29) is 5.41 Å². The summed E-state index contributed by atoms with van der Waals surface area (Å²) in [5, 5.41) is 10.3. The van der Waals surface area contributed by atoms with Gasteiger partial charge in [0.05, 0.1) is 13.2 Å². The first-order chi connectivity index (χ1) is 8.33. The van der Waals surface area contributed by atoms with Gasteiger partial charge in [0.2, 0.25) is 0 Å². The first-order valence-electron chi connectivity index (χ1n) is 6.33. The lowest BCUT2D eigenvalue weighted by atomic mass is 9.96. The number of benzene rings is 1. The van der Waals surface area contributed by atoms with Gasteiger partial charge in [0.1, 0.15) is 5.75 Å². The summed E-state index contributed by atoms with van der Waals surface area (Å²) < 4.78 is 5.27. The van der Waals surface area contributed by atoms with Crippen LogP contribution in [0.15, 0.2) is 24.3 Å². The number of ether oxygens (including phenoxy) is 1. The smallest absolute Gasteiger partial charge is 0.124 e. The lowest BCUT2D eigenvalue weighted by Gasteiger charge is -2.28. The van der Waals surface area contributed by atoms with E-state index in [2.05, 4.69) is 25.7 Å². The molecule has 0 aliphatic heterocycles. The molecule has 0 saturated heterocycles. The summed E-state index contributed by atoms with van der Waals surface area (Å²) in [5.41, 5.74) is 1.08. The molecule has 1 rings (SSSR count). The molecule has 0 aromatic heterocycles. The zero-order valence-corrected chi connectivity index (χ0v) is 12.1. The van der Waals surface area contributed by atoms with Gasteiger partial charge in [-0.2, -0.15) is 0 Å². The Bertz CT molecular complexity index is 371. The van der Waals surface area contributed by atoms with Crippen molar-refractivity contribution >= 4 is 0 Å². The fourth-order valence-corrected chi connectivity index (χ4v) is 2.21. The van der Waals surface area contributed by atoms with Crippen LogP contribution in [0.2, 0.25) is 0 Å². The number of hydrogen-bond donors (Lipinski definition) is 1. The second-order valence-electron chi connectivity index (χ2n) is 6.02. The Morgan fingerprint density at radius 3 is 2.44 bits per heavy atom. The fraction of sp³-hybridized carbons (Fsp3) is 0.600. The maximum absolute atomic E-state index is 10.3. The summed E-state index contributed by atoms with van der Waals surface area (Å²) >= 11 is 0. The molecule has 0 spiro atoms. The average Bonchev–Trinajstić information content (AvgIpc) is 2.26. The highest BCUT2D eigenvalue weighted by atomic mass is 16.5. The van der Waals surface area contributed by atoms with Crippen LogP contribution < -0.4 is 4.74 Å². The van der Waals surface area contributed by atoms with Crippen molar-refractivity contribution in [1.82, 2.24) is 4.90 Å². The van der Waals surface area contributed by atoms with Crippen molar-refractivity contribution in [1.29, 1.82) is 0 Å². The molecule has 0 fully saturated rings. The van der Waals surface area contributed by atoms with Gasteiger partial charge >= 0.3 is 0 Å². The molecule has 0 aliphatic rings. The zero-order chi connectivity index (χ0) is 13.8. The van der Waals surface area contributed by atoms with Gasteiger partial charge in [-0.25, -0.2) is 0 Å². The number of para-hydroxylation sites is 1. The predicted molar refractivity (Wildman–Crippen MR) is 74.9 cm³/mol. The Hall–Kier alpha value is -1.06. The standard InChI is InChI=1S/C15H25NO2/c1-15(2,3)11-16(4)10-13(17)12-8-6-7-9-14(12)18-5/h6-9,13,17H,10-11H2,1-5H3. The summed E-state index contributed by atoms with van der Waals surface area (Å²) in [6, 6.07) is 7.62. The van der Waals surface area contributed by atoms with Crippen LogP contribution in [0.4, 0.5) is 0 Å². The molecular formula is C15H25NO2. The molecule has 3 heteroatoms. The first kappa shape index (κ1) is 15.0. The van der Waals surface area contributed by atoms with Crippen LogP contribution in [0, 0.1) is 5.41 Å². The van der Waals surface area contributed by atoms with Crippen LogP contribution in [-0.4, -0.2) is 37.3 Å². The van der Waals surface area contributed by atoms with Gasteiger partial charge in [0, 0.05) is 18.7 Å². The molecule has 1 unspecified atom stereocenters. The molecule has 1 aromatic rings. The summed E-state index contributed by atoms with van der Waals surface area (Å²) in [6.45, 7) is 8.13. The molecule has 1 N–H and O–H groups in total. The molecule has 0 saturated carbocycles. The zero-order valence-electron chi connectivity index (χ0n) is 12.1. The minimum Gasteiger partial charge on any atom is -0.496 e. The minimum absolute atomic E-state index is 0.231. The lowest BCUT2D eigenvalue weighted by Crippen LogP contribution is -2.32. The molecule has 0 heterocycles. The van der Waals surface area contributed by atoms with Gasteiger partial charge in [-0.15, -0.1) is 0 Å². The van der Waals surface area contributed by atoms with Crippen molar-refractivity contribution in [2.24, 2.45) is 5.41 Å². The summed E-state index contributed by atoms with van der Waals surface area (Å²) in [7, 11) is 3.66. The van der Waals surface area contributed by atoms with E-state index < -0.39 is 6.10 Å². The highest BCUT2D eigenvalue weighted by Crippen LogP contribution is 2.25. The molecule has 0 amide bonds. The number of nitrogens with zero attached hydrogens (tertiary/aromatic N) is 1. The number of aliphatic hydroxyl groups excluding tert-OH is 1. The minimum atomic E-state index is -0.520. The second kappa shape index (κ2) is 6.21. The number of aliphatic hydroxyl groups is 1. The van der Waals surface area contributed by atoms with Crippen LogP contribution >= 0.6 is 0 Å². The second-order valence-corrected chi connectivity index (χ2v) is 6.02. The molecule has 102 valence electrons. The number of rotatable bonds is 5. The maximum Gasteiger partial charge on any atom is 0.124 e. The van der Waals surface area contributed by atoms with E-state index in [1.165, 1.54) is 0 Å². The number of likely N-dealkylation sites (N-methyl/N-ethyl adjacent to an activating group) is 1. The largest absolute Gasteiger partial charge is 0.496 e. The third kappa shape index (κ3) is 4.67. The van der Waals surface area contributed by atoms with E-state index in [1.54, 1.807) is 7.11 Å². The van der Waals surface area contributed by atoms with Crippen LogP contribution in [0.5, 0.6) is 5.75 Å². The Kier molecular flexibility index (Phi) is 5.17. The summed E-state index contributed by atoms with van der Waals surface area (Å²) in [4.78, 5) is 2.15. The van der Waals surface area contributed by atoms with Crippen molar-refractivity contribution in [3.63, 3.8) is 0 Å². The van der Waals surface area contributed by atoms with E-state index in [0.29, 0.717) is 6.54 Å². The topological polar surface area (TPSA) is 32.7 Å². The van der Waals surface area contributed by atoms with Crippen molar-refractivity contribution in [3.05, 3.63) is 29.8 Å². The van der Waals surface area contributed by atoms with E-state index in [4.69, 9.17) is 4.74 Å². The van der Waals surface area contributed by atoms with Crippen molar-refractivity contribution in [3.8, 4) is 5.75 Å². The van der Waals surface area contributed by atoms with Gasteiger partial charge in [-0.1, -0.05) is 39.0 Å². The van der Waals surface area contributed by atoms with Crippen LogP contribution in [-0.2, 0) is 0 Å². The van der Waals surface area contributed by atoms with E-state index in [9.17, 15) is 5.11 Å². The molecular weight excluding hydrogens is 226 g/mol. The van der Waals surface area contributed by atoms with E-state index >= 15 is 0 Å². The molecule has 1 aromatic carbocycles. The highest BCUT2D eigenvalue weighted by molar-refractivity contribution is 5.35. The Morgan fingerprint density at radius 2 is 1.89 bits per heavy atom. The van der Waals surface area contributed by atoms with Gasteiger partial charge in [-0.3, -0.25) is 0 Å². The van der Waals surface area contributed by atoms with Crippen molar-refractivity contribution < 1.29 is 9.84 Å². The Labute approximate surface area is 110 Å². The van der Waals surface area contributed by atoms with E-state index in [1.807, 2.05) is 31.3 Å². The molecule has 1 atom stereocenters. The predicted octanol–water partition coefficient (Wildman–Crippen LogP) is 2.71. The van der Waals surface area contributed by atoms with Gasteiger partial charge in [-0.05, 0) is 18.5 Å². The first-order valence-corrected chi connectivity index (χ1v) is 6.33. The lowest BCUT2D eigenvalue weighted by molar-refractivity contribution is 0.106.